The summed E-state index contributed by atoms with van der Waals surface area (Å²) in [6.07, 6.45) is 27.0. The van der Waals surface area contributed by atoms with Gasteiger partial charge in [0.1, 0.15) is 0 Å². The van der Waals surface area contributed by atoms with E-state index in [0.717, 1.165) is 6.42 Å². The molecule has 168 valence electrons. The quantitative estimate of drug-likeness (QED) is 0.121. The van der Waals surface area contributed by atoms with Gasteiger partial charge in [0.25, 0.3) is 0 Å². The van der Waals surface area contributed by atoms with Crippen molar-refractivity contribution < 1.29 is 0 Å². The molecule has 0 heterocycles. The van der Waals surface area contributed by atoms with Gasteiger partial charge in [-0.25, -0.2) is 0 Å². The molecule has 4 N–H and O–H groups in total. The Morgan fingerprint density at radius 2 is 1.07 bits per heavy atom. The van der Waals surface area contributed by atoms with Crippen molar-refractivity contribution >= 4 is 0 Å². The third-order valence-corrected chi connectivity index (χ3v) is 5.54. The highest BCUT2D eigenvalue weighted by atomic mass is 15.1. The van der Waals surface area contributed by atoms with Crippen LogP contribution in [0.4, 0.5) is 0 Å². The van der Waals surface area contributed by atoms with E-state index in [-0.39, 0.29) is 6.17 Å². The Morgan fingerprint density at radius 3 is 1.68 bits per heavy atom. The fourth-order valence-corrected chi connectivity index (χ4v) is 3.77. The van der Waals surface area contributed by atoms with Gasteiger partial charge in [-0.2, -0.15) is 0 Å². The van der Waals surface area contributed by atoms with Crippen LogP contribution in [-0.2, 0) is 0 Å². The molecule has 0 saturated heterocycles. The molecule has 28 heavy (non-hydrogen) atoms. The fourth-order valence-electron chi connectivity index (χ4n) is 3.77. The van der Waals surface area contributed by atoms with Gasteiger partial charge in [0.2, 0.25) is 0 Å². The predicted octanol–water partition coefficient (Wildman–Crippen LogP) is 6.76. The summed E-state index contributed by atoms with van der Waals surface area (Å²) >= 11 is 0. The minimum atomic E-state index is -0.118. The van der Waals surface area contributed by atoms with Crippen LogP contribution in [0.25, 0.3) is 0 Å². The first-order valence-corrected chi connectivity index (χ1v) is 12.6. The molecule has 0 aromatic rings. The molecule has 0 saturated carbocycles. The minimum Gasteiger partial charge on any atom is -0.316 e. The zero-order valence-corrected chi connectivity index (χ0v) is 19.5. The zero-order chi connectivity index (χ0) is 20.7. The molecule has 0 aliphatic heterocycles. The van der Waals surface area contributed by atoms with E-state index in [1.807, 2.05) is 0 Å². The van der Waals surface area contributed by atoms with E-state index in [0.29, 0.717) is 0 Å². The van der Waals surface area contributed by atoms with Gasteiger partial charge < -0.3 is 16.4 Å². The van der Waals surface area contributed by atoms with Gasteiger partial charge in [-0.3, -0.25) is 0 Å². The Bertz CT molecular complexity index is 315. The number of nitrogens with zero attached hydrogens (tertiary/aromatic N) is 1. The molecular formula is C25H53N3. The molecule has 0 bridgehead atoms. The molecule has 0 aliphatic carbocycles. The summed E-state index contributed by atoms with van der Waals surface area (Å²) in [5.74, 6) is 0. The second kappa shape index (κ2) is 22.9. The summed E-state index contributed by atoms with van der Waals surface area (Å²) in [5.41, 5.74) is 11.1. The molecule has 0 rings (SSSR count). The Hall–Kier alpha value is -0.380. The Labute approximate surface area is 177 Å². The number of nitrogens with two attached hydrogens (primary N) is 2. The zero-order valence-electron chi connectivity index (χ0n) is 19.5. The second-order valence-electron chi connectivity index (χ2n) is 8.59. The van der Waals surface area contributed by atoms with Crippen LogP contribution >= 0.6 is 0 Å². The first-order valence-electron chi connectivity index (χ1n) is 12.6. The molecule has 0 aromatic carbocycles. The first-order chi connectivity index (χ1) is 13.7. The molecule has 0 aliphatic rings. The average molecular weight is 396 g/mol. The van der Waals surface area contributed by atoms with E-state index in [9.17, 15) is 0 Å². The summed E-state index contributed by atoms with van der Waals surface area (Å²) in [7, 11) is 0. The van der Waals surface area contributed by atoms with Crippen LogP contribution in [-0.4, -0.2) is 30.7 Å². The molecule has 3 heteroatoms. The normalized spacial score (nSPS) is 12.1. The summed E-state index contributed by atoms with van der Waals surface area (Å²) in [6.45, 7) is 8.49. The Kier molecular flexibility index (Phi) is 22.6. The van der Waals surface area contributed by atoms with Gasteiger partial charge in [-0.1, -0.05) is 83.8 Å². The molecule has 0 atom stereocenters. The van der Waals surface area contributed by atoms with Crippen LogP contribution < -0.4 is 11.5 Å². The first kappa shape index (κ1) is 27.6. The van der Waals surface area contributed by atoms with Crippen molar-refractivity contribution in [2.45, 2.75) is 129 Å². The molecule has 0 unspecified atom stereocenters. The molecule has 0 spiro atoms. The van der Waals surface area contributed by atoms with E-state index < -0.39 is 0 Å². The summed E-state index contributed by atoms with van der Waals surface area (Å²) in [5, 5.41) is 0. The number of allylic oxidation sites excluding steroid dienone is 2. The summed E-state index contributed by atoms with van der Waals surface area (Å²) in [4.78, 5) is 2.70. The lowest BCUT2D eigenvalue weighted by Gasteiger charge is -2.21. The number of unbranched alkanes of at least 4 members (excludes halogenated alkanes) is 12. The maximum Gasteiger partial charge on any atom is 0.0520 e. The summed E-state index contributed by atoms with van der Waals surface area (Å²) in [6, 6.07) is 0. The van der Waals surface area contributed by atoms with Crippen molar-refractivity contribution in [3.63, 3.8) is 0 Å². The van der Waals surface area contributed by atoms with Crippen molar-refractivity contribution in [1.29, 1.82) is 0 Å². The maximum absolute atomic E-state index is 5.56. The lowest BCUT2D eigenvalue weighted by Crippen LogP contribution is -2.29. The third kappa shape index (κ3) is 21.9. The second-order valence-corrected chi connectivity index (χ2v) is 8.59. The standard InChI is InChI=1S/C25H53N3/c1-3-5-6-7-16-19-23-28(22-4-2)24-20-17-14-12-10-8-9-11-13-15-18-21-25(26)27/h10,12,25H,3-9,11,13-24,26-27H2,1-2H3/b12-10-. The SMILES string of the molecule is CCCCCCCCN(CCC)CCCC/C=C\CCCCCCCC(N)N. The van der Waals surface area contributed by atoms with E-state index in [1.54, 1.807) is 0 Å². The molecule has 0 amide bonds. The maximum atomic E-state index is 5.56. The number of rotatable bonds is 22. The van der Waals surface area contributed by atoms with Crippen LogP contribution in [0.15, 0.2) is 12.2 Å². The van der Waals surface area contributed by atoms with Gasteiger partial charge >= 0.3 is 0 Å². The van der Waals surface area contributed by atoms with Crippen molar-refractivity contribution in [3.8, 4) is 0 Å². The predicted molar refractivity (Wildman–Crippen MR) is 128 cm³/mol. The average Bonchev–Trinajstić information content (AvgIpc) is 2.67. The van der Waals surface area contributed by atoms with Crippen molar-refractivity contribution in [1.82, 2.24) is 4.90 Å². The Morgan fingerprint density at radius 1 is 0.571 bits per heavy atom. The van der Waals surface area contributed by atoms with E-state index in [2.05, 4.69) is 30.9 Å². The van der Waals surface area contributed by atoms with Crippen LogP contribution in [0.2, 0.25) is 0 Å². The number of hydrogen-bond donors (Lipinski definition) is 2. The lowest BCUT2D eigenvalue weighted by atomic mass is 10.1. The van der Waals surface area contributed by atoms with Crippen LogP contribution in [0, 0.1) is 0 Å². The van der Waals surface area contributed by atoms with Gasteiger partial charge in [0.15, 0.2) is 0 Å². The Balaban J connectivity index is 3.47. The monoisotopic (exact) mass is 395 g/mol. The lowest BCUT2D eigenvalue weighted by molar-refractivity contribution is 0.262. The van der Waals surface area contributed by atoms with Crippen molar-refractivity contribution in [2.75, 3.05) is 19.6 Å². The van der Waals surface area contributed by atoms with Gasteiger partial charge in [0, 0.05) is 0 Å². The van der Waals surface area contributed by atoms with Crippen LogP contribution in [0.3, 0.4) is 0 Å². The van der Waals surface area contributed by atoms with E-state index in [1.165, 1.54) is 122 Å². The molecule has 0 aromatic heterocycles. The van der Waals surface area contributed by atoms with Crippen molar-refractivity contribution in [2.24, 2.45) is 11.5 Å². The number of hydrogen-bond acceptors (Lipinski definition) is 3. The highest BCUT2D eigenvalue weighted by molar-refractivity contribution is 4.81. The van der Waals surface area contributed by atoms with Crippen LogP contribution in [0.5, 0.6) is 0 Å². The van der Waals surface area contributed by atoms with E-state index >= 15 is 0 Å². The highest BCUT2D eigenvalue weighted by Crippen LogP contribution is 2.09. The molecule has 3 nitrogen and oxygen atoms in total. The largest absolute Gasteiger partial charge is 0.316 e. The van der Waals surface area contributed by atoms with Gasteiger partial charge in [-0.15, -0.1) is 0 Å². The van der Waals surface area contributed by atoms with Crippen molar-refractivity contribution in [3.05, 3.63) is 12.2 Å². The topological polar surface area (TPSA) is 55.3 Å². The van der Waals surface area contributed by atoms with Crippen LogP contribution in [0.1, 0.15) is 123 Å². The fraction of sp³-hybridized carbons (Fsp3) is 0.920. The molecule has 0 radical (unpaired) electrons. The molecular weight excluding hydrogens is 342 g/mol. The molecule has 0 fully saturated rings. The van der Waals surface area contributed by atoms with Gasteiger partial charge in [0.05, 0.1) is 6.17 Å². The van der Waals surface area contributed by atoms with Gasteiger partial charge in [-0.05, 0) is 71.0 Å². The van der Waals surface area contributed by atoms with E-state index in [4.69, 9.17) is 11.5 Å². The summed E-state index contributed by atoms with van der Waals surface area (Å²) < 4.78 is 0. The highest BCUT2D eigenvalue weighted by Gasteiger charge is 2.03. The third-order valence-electron chi connectivity index (χ3n) is 5.54. The smallest absolute Gasteiger partial charge is 0.0520 e. The minimum absolute atomic E-state index is 0.118.